The summed E-state index contributed by atoms with van der Waals surface area (Å²) in [6, 6.07) is 3.44. The lowest BCUT2D eigenvalue weighted by Gasteiger charge is -2.28. The second kappa shape index (κ2) is 4.30. The minimum Gasteiger partial charge on any atom is -0.397 e. The van der Waals surface area contributed by atoms with Gasteiger partial charge >= 0.3 is 0 Å². The van der Waals surface area contributed by atoms with Crippen LogP contribution in [0, 0.1) is 0 Å². The minimum atomic E-state index is -0.183. The zero-order chi connectivity index (χ0) is 12.5. The molecule has 1 aromatic heterocycles. The summed E-state index contributed by atoms with van der Waals surface area (Å²) < 4.78 is 0. The van der Waals surface area contributed by atoms with Gasteiger partial charge in [0.05, 0.1) is 35.2 Å². The van der Waals surface area contributed by atoms with Crippen LogP contribution in [0.25, 0.3) is 10.9 Å². The Balaban J connectivity index is 2.12. The average Bonchev–Trinajstić information content (AvgIpc) is 2.40. The predicted molar refractivity (Wildman–Crippen MR) is 69.3 cm³/mol. The van der Waals surface area contributed by atoms with Gasteiger partial charge in [0.15, 0.2) is 0 Å². The Morgan fingerprint density at radius 2 is 2.28 bits per heavy atom. The molecule has 0 bridgehead atoms. The minimum absolute atomic E-state index is 0.183. The van der Waals surface area contributed by atoms with Gasteiger partial charge in [-0.3, -0.25) is 14.7 Å². The molecule has 0 radical (unpaired) electrons. The smallest absolute Gasteiger partial charge is 0.258 e. The third-order valence-electron chi connectivity index (χ3n) is 3.06. The molecule has 2 heterocycles. The van der Waals surface area contributed by atoms with Crippen LogP contribution < -0.4 is 16.4 Å². The number of nitrogen functional groups attached to an aromatic ring is 1. The topological polar surface area (TPSA) is 84.2 Å². The summed E-state index contributed by atoms with van der Waals surface area (Å²) in [5, 5.41) is 2.27. The van der Waals surface area contributed by atoms with Crippen LogP contribution in [0.5, 0.6) is 0 Å². The highest BCUT2D eigenvalue weighted by Gasteiger charge is 2.16. The number of hydroxylamine groups is 1. The SMILES string of the molecule is Nc1cc2c(=O)[nH]cnc2cc1N1CCCCO1. The molecule has 2 aromatic rings. The Labute approximate surface area is 103 Å². The molecule has 1 fully saturated rings. The summed E-state index contributed by atoms with van der Waals surface area (Å²) in [6.07, 6.45) is 3.52. The van der Waals surface area contributed by atoms with Crippen molar-refractivity contribution in [2.24, 2.45) is 0 Å². The lowest BCUT2D eigenvalue weighted by molar-refractivity contribution is 0.0782. The van der Waals surface area contributed by atoms with Crippen molar-refractivity contribution < 1.29 is 4.84 Å². The molecule has 1 aromatic carbocycles. The first-order chi connectivity index (χ1) is 8.75. The van der Waals surface area contributed by atoms with E-state index < -0.39 is 0 Å². The van der Waals surface area contributed by atoms with Gasteiger partial charge in [0.2, 0.25) is 0 Å². The Morgan fingerprint density at radius 3 is 3.06 bits per heavy atom. The van der Waals surface area contributed by atoms with E-state index in [0.717, 1.165) is 25.1 Å². The van der Waals surface area contributed by atoms with E-state index in [9.17, 15) is 4.79 Å². The van der Waals surface area contributed by atoms with Crippen molar-refractivity contribution in [2.45, 2.75) is 12.8 Å². The van der Waals surface area contributed by atoms with Gasteiger partial charge in [0.25, 0.3) is 5.56 Å². The average molecular weight is 246 g/mol. The third-order valence-corrected chi connectivity index (χ3v) is 3.06. The fraction of sp³-hybridized carbons (Fsp3) is 0.333. The number of nitrogens with zero attached hydrogens (tertiary/aromatic N) is 2. The molecule has 1 aliphatic rings. The van der Waals surface area contributed by atoms with Gasteiger partial charge in [-0.1, -0.05) is 0 Å². The number of benzene rings is 1. The fourth-order valence-corrected chi connectivity index (χ4v) is 2.12. The van der Waals surface area contributed by atoms with Gasteiger partial charge in [0, 0.05) is 6.54 Å². The molecule has 0 spiro atoms. The van der Waals surface area contributed by atoms with Gasteiger partial charge < -0.3 is 10.7 Å². The predicted octanol–water partition coefficient (Wildman–Crippen LogP) is 1.04. The number of fused-ring (bicyclic) bond motifs is 1. The standard InChI is InChI=1S/C12H14N4O2/c13-9-5-8-10(14-7-15-12(8)17)6-11(9)16-3-1-2-4-18-16/h5-7H,1-4,13H2,(H,14,15,17). The first kappa shape index (κ1) is 11.0. The van der Waals surface area contributed by atoms with Crippen LogP contribution in [0.15, 0.2) is 23.3 Å². The van der Waals surface area contributed by atoms with Crippen LogP contribution in [0.4, 0.5) is 11.4 Å². The molecule has 0 atom stereocenters. The molecule has 3 rings (SSSR count). The second-order valence-electron chi connectivity index (χ2n) is 4.30. The summed E-state index contributed by atoms with van der Waals surface area (Å²) in [5.41, 5.74) is 7.73. The van der Waals surface area contributed by atoms with Crippen molar-refractivity contribution in [1.82, 2.24) is 9.97 Å². The van der Waals surface area contributed by atoms with Crippen LogP contribution in [0.1, 0.15) is 12.8 Å². The second-order valence-corrected chi connectivity index (χ2v) is 4.30. The molecule has 0 saturated carbocycles. The van der Waals surface area contributed by atoms with Crippen molar-refractivity contribution in [1.29, 1.82) is 0 Å². The number of H-pyrrole nitrogens is 1. The molecule has 0 aliphatic carbocycles. The van der Waals surface area contributed by atoms with E-state index in [0.29, 0.717) is 23.2 Å². The Kier molecular flexibility index (Phi) is 2.64. The van der Waals surface area contributed by atoms with Crippen molar-refractivity contribution >= 4 is 22.3 Å². The van der Waals surface area contributed by atoms with E-state index in [1.54, 1.807) is 17.2 Å². The summed E-state index contributed by atoms with van der Waals surface area (Å²) in [5.74, 6) is 0. The lowest BCUT2D eigenvalue weighted by atomic mass is 10.1. The number of aromatic nitrogens is 2. The molecule has 1 saturated heterocycles. The van der Waals surface area contributed by atoms with E-state index >= 15 is 0 Å². The number of nitrogens with one attached hydrogen (secondary N) is 1. The molecule has 6 heteroatoms. The van der Waals surface area contributed by atoms with Crippen LogP contribution in [0.3, 0.4) is 0 Å². The van der Waals surface area contributed by atoms with Crippen molar-refractivity contribution in [2.75, 3.05) is 23.9 Å². The maximum Gasteiger partial charge on any atom is 0.258 e. The molecule has 94 valence electrons. The van der Waals surface area contributed by atoms with Crippen LogP contribution in [-0.2, 0) is 4.84 Å². The third kappa shape index (κ3) is 1.80. The highest BCUT2D eigenvalue weighted by atomic mass is 16.7. The number of anilines is 2. The Morgan fingerprint density at radius 1 is 1.39 bits per heavy atom. The normalized spacial score (nSPS) is 16.1. The summed E-state index contributed by atoms with van der Waals surface area (Å²) in [7, 11) is 0. The van der Waals surface area contributed by atoms with Crippen LogP contribution >= 0.6 is 0 Å². The number of hydrogen-bond donors (Lipinski definition) is 2. The van der Waals surface area contributed by atoms with E-state index in [4.69, 9.17) is 10.6 Å². The van der Waals surface area contributed by atoms with Gasteiger partial charge in [-0.15, -0.1) is 0 Å². The monoisotopic (exact) mass is 246 g/mol. The van der Waals surface area contributed by atoms with Gasteiger partial charge in [0.1, 0.15) is 0 Å². The summed E-state index contributed by atoms with van der Waals surface area (Å²) in [4.78, 5) is 23.9. The number of hydrogen-bond acceptors (Lipinski definition) is 5. The van der Waals surface area contributed by atoms with Crippen LogP contribution in [0.2, 0.25) is 0 Å². The highest BCUT2D eigenvalue weighted by Crippen LogP contribution is 2.28. The van der Waals surface area contributed by atoms with Crippen molar-refractivity contribution in [3.05, 3.63) is 28.8 Å². The largest absolute Gasteiger partial charge is 0.397 e. The summed E-state index contributed by atoms with van der Waals surface area (Å²) >= 11 is 0. The maximum absolute atomic E-state index is 11.6. The Bertz CT molecular complexity index is 632. The number of aromatic amines is 1. The van der Waals surface area contributed by atoms with E-state index in [-0.39, 0.29) is 5.56 Å². The first-order valence-corrected chi connectivity index (χ1v) is 5.93. The van der Waals surface area contributed by atoms with E-state index in [1.165, 1.54) is 6.33 Å². The van der Waals surface area contributed by atoms with Gasteiger partial charge in [-0.25, -0.2) is 4.98 Å². The molecule has 18 heavy (non-hydrogen) atoms. The number of rotatable bonds is 1. The molecule has 0 unspecified atom stereocenters. The number of nitrogens with two attached hydrogens (primary N) is 1. The lowest BCUT2D eigenvalue weighted by Crippen LogP contribution is -2.30. The molecular formula is C12H14N4O2. The molecular weight excluding hydrogens is 232 g/mol. The maximum atomic E-state index is 11.6. The van der Waals surface area contributed by atoms with Crippen LogP contribution in [-0.4, -0.2) is 23.1 Å². The van der Waals surface area contributed by atoms with E-state index in [1.807, 2.05) is 0 Å². The molecule has 1 aliphatic heterocycles. The molecule has 3 N–H and O–H groups in total. The zero-order valence-electron chi connectivity index (χ0n) is 9.85. The van der Waals surface area contributed by atoms with Crippen molar-refractivity contribution in [3.63, 3.8) is 0 Å². The van der Waals surface area contributed by atoms with Gasteiger partial charge in [-0.2, -0.15) is 0 Å². The van der Waals surface area contributed by atoms with Crippen molar-refractivity contribution in [3.8, 4) is 0 Å². The molecule has 6 nitrogen and oxygen atoms in total. The highest BCUT2D eigenvalue weighted by molar-refractivity contribution is 5.88. The van der Waals surface area contributed by atoms with Gasteiger partial charge in [-0.05, 0) is 25.0 Å². The first-order valence-electron chi connectivity index (χ1n) is 5.93. The quantitative estimate of drug-likeness (QED) is 0.734. The Hall–Kier alpha value is -2.08. The molecule has 0 amide bonds. The summed E-state index contributed by atoms with van der Waals surface area (Å²) in [6.45, 7) is 1.50. The fourth-order valence-electron chi connectivity index (χ4n) is 2.12. The van der Waals surface area contributed by atoms with E-state index in [2.05, 4.69) is 9.97 Å². The zero-order valence-corrected chi connectivity index (χ0v) is 9.85.